The van der Waals surface area contributed by atoms with Gasteiger partial charge in [0.05, 0.1) is 5.69 Å². The topological polar surface area (TPSA) is 122 Å². The number of benzene rings is 2. The first-order valence-electron chi connectivity index (χ1n) is 8.71. The fourth-order valence-corrected chi connectivity index (χ4v) is 2.64. The second kappa shape index (κ2) is 8.79. The third-order valence-electron chi connectivity index (χ3n) is 3.85. The molecule has 5 N–H and O–H groups in total. The number of nitrogens with one attached hydrogen (secondary N) is 3. The summed E-state index contributed by atoms with van der Waals surface area (Å²) in [5.41, 5.74) is 7.67. The Balaban J connectivity index is 1.81. The van der Waals surface area contributed by atoms with E-state index in [0.717, 1.165) is 0 Å². The third-order valence-corrected chi connectivity index (χ3v) is 3.85. The molecule has 2 amide bonds. The van der Waals surface area contributed by atoms with E-state index < -0.39 is 5.91 Å². The number of amides is 2. The number of aromatic nitrogens is 2. The highest BCUT2D eigenvalue weighted by Gasteiger charge is 2.13. The van der Waals surface area contributed by atoms with Gasteiger partial charge < -0.3 is 21.7 Å². The number of carbonyl (C=O) groups is 2. The molecule has 0 aliphatic carbocycles. The van der Waals surface area contributed by atoms with Crippen molar-refractivity contribution >= 4 is 34.7 Å². The zero-order valence-electron chi connectivity index (χ0n) is 15.6. The van der Waals surface area contributed by atoms with E-state index in [0.29, 0.717) is 28.4 Å². The number of carbonyl (C=O) groups excluding carboxylic acids is 2. The minimum atomic E-state index is -0.738. The predicted molar refractivity (Wildman–Crippen MR) is 108 cm³/mol. The number of halogens is 1. The zero-order valence-corrected chi connectivity index (χ0v) is 15.6. The predicted octanol–water partition coefficient (Wildman–Crippen LogP) is 3.03. The summed E-state index contributed by atoms with van der Waals surface area (Å²) in [6.07, 6.45) is 0. The number of nitrogens with zero attached hydrogens (tertiary/aromatic N) is 2. The minimum Gasteiger partial charge on any atom is -0.379 e. The molecule has 0 atom stereocenters. The van der Waals surface area contributed by atoms with Crippen LogP contribution in [0.2, 0.25) is 0 Å². The van der Waals surface area contributed by atoms with E-state index >= 15 is 0 Å². The van der Waals surface area contributed by atoms with Crippen molar-refractivity contribution in [2.45, 2.75) is 13.5 Å². The summed E-state index contributed by atoms with van der Waals surface area (Å²) in [4.78, 5) is 22.9. The summed E-state index contributed by atoms with van der Waals surface area (Å²) >= 11 is 0. The molecule has 3 rings (SSSR count). The fourth-order valence-electron chi connectivity index (χ4n) is 2.64. The first-order valence-corrected chi connectivity index (χ1v) is 8.71. The first-order chi connectivity index (χ1) is 13.9. The summed E-state index contributed by atoms with van der Waals surface area (Å²) in [5.74, 6) is -0.916. The average molecular weight is 394 g/mol. The van der Waals surface area contributed by atoms with Gasteiger partial charge >= 0.3 is 0 Å². The second-order valence-electron chi connectivity index (χ2n) is 6.23. The highest BCUT2D eigenvalue weighted by atomic mass is 19.1. The molecule has 1 heterocycles. The molecule has 0 aliphatic rings. The summed E-state index contributed by atoms with van der Waals surface area (Å²) in [5, 5.41) is 16.6. The van der Waals surface area contributed by atoms with E-state index in [1.54, 1.807) is 42.5 Å². The van der Waals surface area contributed by atoms with Crippen LogP contribution < -0.4 is 21.7 Å². The molecule has 0 saturated carbocycles. The average Bonchev–Trinajstić information content (AvgIpc) is 2.66. The lowest BCUT2D eigenvalue weighted by molar-refractivity contribution is -0.114. The van der Waals surface area contributed by atoms with Crippen molar-refractivity contribution in [2.24, 2.45) is 5.73 Å². The van der Waals surface area contributed by atoms with Gasteiger partial charge in [-0.25, -0.2) is 4.39 Å². The lowest BCUT2D eigenvalue weighted by Crippen LogP contribution is -2.18. The van der Waals surface area contributed by atoms with Gasteiger partial charge in [0.15, 0.2) is 11.5 Å². The van der Waals surface area contributed by atoms with Crippen LogP contribution in [0.15, 0.2) is 54.6 Å². The van der Waals surface area contributed by atoms with Gasteiger partial charge in [0.25, 0.3) is 5.91 Å². The monoisotopic (exact) mass is 394 g/mol. The van der Waals surface area contributed by atoms with Crippen LogP contribution in [0.5, 0.6) is 0 Å². The number of nitrogens with two attached hydrogens (primary N) is 1. The van der Waals surface area contributed by atoms with Gasteiger partial charge in [-0.15, -0.1) is 10.2 Å². The molecular formula is C20H19FN6O2. The van der Waals surface area contributed by atoms with Crippen LogP contribution in [0.4, 0.5) is 27.3 Å². The Morgan fingerprint density at radius 3 is 2.52 bits per heavy atom. The summed E-state index contributed by atoms with van der Waals surface area (Å²) in [6.45, 7) is 1.69. The van der Waals surface area contributed by atoms with Gasteiger partial charge in [0.1, 0.15) is 5.82 Å². The highest BCUT2D eigenvalue weighted by molar-refractivity contribution is 5.96. The normalized spacial score (nSPS) is 10.3. The van der Waals surface area contributed by atoms with E-state index in [1.165, 1.54) is 19.1 Å². The van der Waals surface area contributed by atoms with E-state index in [2.05, 4.69) is 26.1 Å². The maximum atomic E-state index is 13.4. The maximum absolute atomic E-state index is 13.4. The van der Waals surface area contributed by atoms with Gasteiger partial charge in [-0.05, 0) is 35.9 Å². The van der Waals surface area contributed by atoms with Crippen LogP contribution in [-0.4, -0.2) is 22.0 Å². The maximum Gasteiger partial charge on any atom is 0.271 e. The van der Waals surface area contributed by atoms with E-state index in [9.17, 15) is 14.0 Å². The van der Waals surface area contributed by atoms with Crippen LogP contribution in [0.3, 0.4) is 0 Å². The Morgan fingerprint density at radius 1 is 1.03 bits per heavy atom. The quantitative estimate of drug-likeness (QED) is 0.489. The Kier molecular flexibility index (Phi) is 5.98. The van der Waals surface area contributed by atoms with Gasteiger partial charge in [-0.1, -0.05) is 18.2 Å². The number of rotatable bonds is 7. The largest absolute Gasteiger partial charge is 0.379 e. The number of primary amides is 1. The molecule has 0 fully saturated rings. The molecule has 29 heavy (non-hydrogen) atoms. The molecule has 0 aliphatic heterocycles. The zero-order chi connectivity index (χ0) is 20.8. The van der Waals surface area contributed by atoms with Gasteiger partial charge in [0.2, 0.25) is 5.91 Å². The first kappa shape index (κ1) is 19.7. The Morgan fingerprint density at radius 2 is 1.79 bits per heavy atom. The molecule has 9 heteroatoms. The fraction of sp³-hybridized carbons (Fsp3) is 0.100. The standard InChI is InChI=1S/C20H19FN6O2/c1-12(28)24-15-6-3-7-16(9-15)25-18-10-17(19(20(22)29)27-26-18)23-11-13-4-2-5-14(21)8-13/h2-10H,11H2,1H3,(H2,22,29)(H,24,28)(H2,23,25,26). The molecule has 0 radical (unpaired) electrons. The van der Waals surface area contributed by atoms with Crippen molar-refractivity contribution in [3.8, 4) is 0 Å². The van der Waals surface area contributed by atoms with E-state index in [-0.39, 0.29) is 24.0 Å². The molecule has 148 valence electrons. The molecule has 0 saturated heterocycles. The Labute approximate surface area is 166 Å². The number of hydrogen-bond acceptors (Lipinski definition) is 6. The Bertz CT molecular complexity index is 1060. The highest BCUT2D eigenvalue weighted by Crippen LogP contribution is 2.22. The lowest BCUT2D eigenvalue weighted by atomic mass is 10.2. The molecule has 3 aromatic rings. The van der Waals surface area contributed by atoms with Gasteiger partial charge in [-0.3, -0.25) is 9.59 Å². The van der Waals surface area contributed by atoms with Crippen LogP contribution >= 0.6 is 0 Å². The molecule has 0 bridgehead atoms. The van der Waals surface area contributed by atoms with Crippen molar-refractivity contribution in [3.63, 3.8) is 0 Å². The molecule has 1 aromatic heterocycles. The van der Waals surface area contributed by atoms with Crippen LogP contribution in [0.25, 0.3) is 0 Å². The van der Waals surface area contributed by atoms with Gasteiger partial charge in [0, 0.05) is 30.9 Å². The molecule has 2 aromatic carbocycles. The minimum absolute atomic E-state index is 0.0287. The van der Waals surface area contributed by atoms with Crippen LogP contribution in [0, 0.1) is 5.82 Å². The number of hydrogen-bond donors (Lipinski definition) is 4. The molecule has 8 nitrogen and oxygen atoms in total. The summed E-state index contributed by atoms with van der Waals surface area (Å²) in [7, 11) is 0. The molecular weight excluding hydrogens is 375 g/mol. The number of anilines is 4. The second-order valence-corrected chi connectivity index (χ2v) is 6.23. The van der Waals surface area contributed by atoms with Crippen molar-refractivity contribution in [1.82, 2.24) is 10.2 Å². The smallest absolute Gasteiger partial charge is 0.271 e. The van der Waals surface area contributed by atoms with Gasteiger partial charge in [-0.2, -0.15) is 0 Å². The third kappa shape index (κ3) is 5.48. The van der Waals surface area contributed by atoms with Crippen molar-refractivity contribution in [2.75, 3.05) is 16.0 Å². The van der Waals surface area contributed by atoms with Crippen LogP contribution in [-0.2, 0) is 11.3 Å². The molecule has 0 spiro atoms. The van der Waals surface area contributed by atoms with Crippen molar-refractivity contribution < 1.29 is 14.0 Å². The summed E-state index contributed by atoms with van der Waals surface area (Å²) in [6, 6.07) is 14.7. The Hall–Kier alpha value is -4.01. The lowest BCUT2D eigenvalue weighted by Gasteiger charge is -2.12. The van der Waals surface area contributed by atoms with E-state index in [4.69, 9.17) is 5.73 Å². The SMILES string of the molecule is CC(=O)Nc1cccc(Nc2cc(NCc3cccc(F)c3)c(C(N)=O)nn2)c1. The molecule has 0 unspecified atom stereocenters. The van der Waals surface area contributed by atoms with Crippen LogP contribution in [0.1, 0.15) is 23.0 Å². The van der Waals surface area contributed by atoms with E-state index in [1.807, 2.05) is 0 Å². The van der Waals surface area contributed by atoms with Crippen molar-refractivity contribution in [3.05, 3.63) is 71.7 Å². The van der Waals surface area contributed by atoms with Crippen molar-refractivity contribution in [1.29, 1.82) is 0 Å². The summed E-state index contributed by atoms with van der Waals surface area (Å²) < 4.78 is 13.4.